The molecule has 0 amide bonds. The number of hydrogen-bond donors (Lipinski definition) is 1. The Labute approximate surface area is 143 Å². The Hall–Kier alpha value is -2.33. The topological polar surface area (TPSA) is 45.1 Å². The molecule has 1 fully saturated rings. The first-order valence-electron chi connectivity index (χ1n) is 8.50. The largest absolute Gasteiger partial charge is 0.504 e. The number of aliphatic imine (C=N–C) groups is 1. The van der Waals surface area contributed by atoms with Crippen LogP contribution >= 0.6 is 0 Å². The average molecular weight is 324 g/mol. The lowest BCUT2D eigenvalue weighted by Gasteiger charge is -2.14. The highest BCUT2D eigenvalue weighted by Crippen LogP contribution is 2.28. The molecular formula is C20H24N2O2. The maximum atomic E-state index is 10.2. The van der Waals surface area contributed by atoms with E-state index in [-0.39, 0.29) is 11.8 Å². The summed E-state index contributed by atoms with van der Waals surface area (Å²) in [5.74, 6) is 0.681. The van der Waals surface area contributed by atoms with Crippen molar-refractivity contribution in [3.8, 4) is 11.5 Å². The van der Waals surface area contributed by atoms with Crippen molar-refractivity contribution in [2.75, 3.05) is 19.7 Å². The molecule has 24 heavy (non-hydrogen) atoms. The van der Waals surface area contributed by atoms with E-state index in [1.807, 2.05) is 25.1 Å². The predicted molar refractivity (Wildman–Crippen MR) is 97.0 cm³/mol. The molecule has 126 valence electrons. The molecule has 3 rings (SSSR count). The summed E-state index contributed by atoms with van der Waals surface area (Å²) in [5, 5.41) is 10.2. The Bertz CT molecular complexity index is 685. The summed E-state index contributed by atoms with van der Waals surface area (Å²) in [6, 6.07) is 16.3. The third-order valence-electron chi connectivity index (χ3n) is 4.25. The van der Waals surface area contributed by atoms with Gasteiger partial charge in [-0.1, -0.05) is 36.4 Å². The van der Waals surface area contributed by atoms with Crippen LogP contribution in [0, 0.1) is 0 Å². The predicted octanol–water partition coefficient (Wildman–Crippen LogP) is 3.48. The van der Waals surface area contributed by atoms with Crippen molar-refractivity contribution in [1.82, 2.24) is 4.90 Å². The van der Waals surface area contributed by atoms with Crippen molar-refractivity contribution in [2.45, 2.75) is 25.9 Å². The molecule has 0 aromatic heterocycles. The minimum absolute atomic E-state index is 0.169. The molecule has 1 heterocycles. The normalized spacial score (nSPS) is 18.3. The fraction of sp³-hybridized carbons (Fsp3) is 0.350. The van der Waals surface area contributed by atoms with Crippen molar-refractivity contribution in [3.63, 3.8) is 0 Å². The summed E-state index contributed by atoms with van der Waals surface area (Å²) in [6.45, 7) is 5.42. The summed E-state index contributed by atoms with van der Waals surface area (Å²) >= 11 is 0. The van der Waals surface area contributed by atoms with Gasteiger partial charge in [0.15, 0.2) is 11.5 Å². The van der Waals surface area contributed by atoms with Crippen LogP contribution in [0.25, 0.3) is 0 Å². The molecule has 0 aliphatic carbocycles. The van der Waals surface area contributed by atoms with Gasteiger partial charge >= 0.3 is 0 Å². The molecule has 1 aliphatic rings. The van der Waals surface area contributed by atoms with Crippen molar-refractivity contribution >= 4 is 6.21 Å². The van der Waals surface area contributed by atoms with Crippen LogP contribution in [0.3, 0.4) is 0 Å². The summed E-state index contributed by atoms with van der Waals surface area (Å²) in [6.07, 6.45) is 2.82. The summed E-state index contributed by atoms with van der Waals surface area (Å²) in [5.41, 5.74) is 2.05. The van der Waals surface area contributed by atoms with E-state index >= 15 is 0 Å². The molecule has 2 aromatic carbocycles. The first-order valence-corrected chi connectivity index (χ1v) is 8.50. The molecule has 1 aliphatic heterocycles. The van der Waals surface area contributed by atoms with Crippen molar-refractivity contribution in [1.29, 1.82) is 0 Å². The van der Waals surface area contributed by atoms with Gasteiger partial charge in [-0.2, -0.15) is 0 Å². The lowest BCUT2D eigenvalue weighted by Crippen LogP contribution is -2.21. The smallest absolute Gasteiger partial charge is 0.166 e. The molecule has 0 unspecified atom stereocenters. The average Bonchev–Trinajstić information content (AvgIpc) is 3.04. The molecular weight excluding hydrogens is 300 g/mol. The molecule has 0 saturated carbocycles. The zero-order chi connectivity index (χ0) is 16.8. The highest BCUT2D eigenvalue weighted by molar-refractivity contribution is 5.84. The van der Waals surface area contributed by atoms with Crippen LogP contribution in [0.1, 0.15) is 24.5 Å². The van der Waals surface area contributed by atoms with Gasteiger partial charge in [0.2, 0.25) is 0 Å². The van der Waals surface area contributed by atoms with E-state index < -0.39 is 0 Å². The SMILES string of the molecule is CCOc1cccc(C=N[C@H]2CCN(Cc3ccccc3)C2)c1O. The van der Waals surface area contributed by atoms with Gasteiger partial charge in [-0.25, -0.2) is 0 Å². The standard InChI is InChI=1S/C20H24N2O2/c1-2-24-19-10-6-9-17(20(19)23)13-21-18-11-12-22(15-18)14-16-7-4-3-5-8-16/h3-10,13,18,23H,2,11-12,14-15H2,1H3/t18-/m0/s1. The zero-order valence-electron chi connectivity index (χ0n) is 14.1. The summed E-state index contributed by atoms with van der Waals surface area (Å²) < 4.78 is 5.41. The number of phenols is 1. The van der Waals surface area contributed by atoms with E-state index in [0.29, 0.717) is 17.9 Å². The van der Waals surface area contributed by atoms with Gasteiger partial charge in [-0.15, -0.1) is 0 Å². The molecule has 1 N–H and O–H groups in total. The number of nitrogens with zero attached hydrogens (tertiary/aromatic N) is 2. The number of para-hydroxylation sites is 1. The summed E-state index contributed by atoms with van der Waals surface area (Å²) in [4.78, 5) is 7.09. The molecule has 0 bridgehead atoms. The maximum Gasteiger partial charge on any atom is 0.166 e. The Morgan fingerprint density at radius 1 is 1.21 bits per heavy atom. The highest BCUT2D eigenvalue weighted by Gasteiger charge is 2.21. The van der Waals surface area contributed by atoms with Crippen LogP contribution in [-0.4, -0.2) is 42.0 Å². The molecule has 4 heteroatoms. The minimum Gasteiger partial charge on any atom is -0.504 e. The maximum absolute atomic E-state index is 10.2. The van der Waals surface area contributed by atoms with E-state index in [0.717, 1.165) is 26.1 Å². The lowest BCUT2D eigenvalue weighted by molar-refractivity contribution is 0.318. The number of rotatable bonds is 6. The molecule has 2 aromatic rings. The zero-order valence-corrected chi connectivity index (χ0v) is 14.1. The van der Waals surface area contributed by atoms with Gasteiger partial charge in [-0.05, 0) is 31.0 Å². The van der Waals surface area contributed by atoms with Crippen molar-refractivity contribution in [3.05, 3.63) is 59.7 Å². The van der Waals surface area contributed by atoms with Gasteiger partial charge < -0.3 is 9.84 Å². The van der Waals surface area contributed by atoms with Crippen LogP contribution in [0.2, 0.25) is 0 Å². The number of likely N-dealkylation sites (tertiary alicyclic amines) is 1. The fourth-order valence-electron chi connectivity index (χ4n) is 3.02. The second kappa shape index (κ2) is 7.97. The van der Waals surface area contributed by atoms with Crippen LogP contribution in [0.4, 0.5) is 0 Å². The number of benzene rings is 2. The minimum atomic E-state index is 0.169. The van der Waals surface area contributed by atoms with E-state index in [1.165, 1.54) is 5.56 Å². The lowest BCUT2D eigenvalue weighted by atomic mass is 10.2. The van der Waals surface area contributed by atoms with Gasteiger partial charge in [0.05, 0.1) is 12.6 Å². The monoisotopic (exact) mass is 324 g/mol. The number of phenolic OH excluding ortho intramolecular Hbond substituents is 1. The quantitative estimate of drug-likeness (QED) is 0.827. The molecule has 1 saturated heterocycles. The first-order chi connectivity index (χ1) is 11.8. The number of hydrogen-bond acceptors (Lipinski definition) is 4. The molecule has 0 radical (unpaired) electrons. The van der Waals surface area contributed by atoms with E-state index in [4.69, 9.17) is 4.74 Å². The van der Waals surface area contributed by atoms with Gasteiger partial charge in [0.1, 0.15) is 0 Å². The van der Waals surface area contributed by atoms with Crippen LogP contribution in [0.5, 0.6) is 11.5 Å². The van der Waals surface area contributed by atoms with Gasteiger partial charge in [0, 0.05) is 31.4 Å². The van der Waals surface area contributed by atoms with Gasteiger partial charge in [0.25, 0.3) is 0 Å². The van der Waals surface area contributed by atoms with Crippen LogP contribution in [0.15, 0.2) is 53.5 Å². The first kappa shape index (κ1) is 16.5. The van der Waals surface area contributed by atoms with Crippen LogP contribution < -0.4 is 4.74 Å². The number of ether oxygens (including phenoxy) is 1. The van der Waals surface area contributed by atoms with Gasteiger partial charge in [-0.3, -0.25) is 9.89 Å². The Kier molecular flexibility index (Phi) is 5.49. The second-order valence-electron chi connectivity index (χ2n) is 6.07. The molecule has 0 spiro atoms. The highest BCUT2D eigenvalue weighted by atomic mass is 16.5. The Morgan fingerprint density at radius 2 is 2.04 bits per heavy atom. The summed E-state index contributed by atoms with van der Waals surface area (Å²) in [7, 11) is 0. The van der Waals surface area contributed by atoms with E-state index in [9.17, 15) is 5.11 Å². The Balaban J connectivity index is 1.59. The van der Waals surface area contributed by atoms with E-state index in [2.05, 4.69) is 34.2 Å². The molecule has 1 atom stereocenters. The number of aromatic hydroxyl groups is 1. The third-order valence-corrected chi connectivity index (χ3v) is 4.25. The van der Waals surface area contributed by atoms with E-state index in [1.54, 1.807) is 12.3 Å². The van der Waals surface area contributed by atoms with Crippen molar-refractivity contribution < 1.29 is 9.84 Å². The Morgan fingerprint density at radius 3 is 2.83 bits per heavy atom. The van der Waals surface area contributed by atoms with Crippen molar-refractivity contribution in [2.24, 2.45) is 4.99 Å². The third kappa shape index (κ3) is 4.15. The second-order valence-corrected chi connectivity index (χ2v) is 6.07. The fourth-order valence-corrected chi connectivity index (χ4v) is 3.02. The van der Waals surface area contributed by atoms with Crippen LogP contribution in [-0.2, 0) is 6.54 Å². The molecule has 4 nitrogen and oxygen atoms in total.